The van der Waals surface area contributed by atoms with Crippen molar-refractivity contribution in [2.45, 2.75) is 30.7 Å². The molecule has 3 heterocycles. The van der Waals surface area contributed by atoms with Crippen molar-refractivity contribution in [3.05, 3.63) is 71.3 Å². The van der Waals surface area contributed by atoms with Crippen molar-refractivity contribution in [2.24, 2.45) is 16.8 Å². The van der Waals surface area contributed by atoms with Crippen molar-refractivity contribution in [3.8, 4) is 0 Å². The van der Waals surface area contributed by atoms with Gasteiger partial charge in [-0.25, -0.2) is 9.59 Å². The van der Waals surface area contributed by atoms with Gasteiger partial charge in [0.25, 0.3) is 0 Å². The van der Waals surface area contributed by atoms with Gasteiger partial charge >= 0.3 is 11.9 Å². The lowest BCUT2D eigenvalue weighted by atomic mass is 9.76. The van der Waals surface area contributed by atoms with Gasteiger partial charge in [-0.3, -0.25) is 19.5 Å². The molecule has 0 N–H and O–H groups in total. The molecule has 198 valence electrons. The average molecular weight is 536 g/mol. The number of carbonyl (C=O) groups excluding carboxylic acids is 4. The Morgan fingerprint density at radius 1 is 1.00 bits per heavy atom. The summed E-state index contributed by atoms with van der Waals surface area (Å²) in [6, 6.07) is 16.2. The van der Waals surface area contributed by atoms with Crippen molar-refractivity contribution in [1.29, 1.82) is 0 Å². The van der Waals surface area contributed by atoms with Gasteiger partial charge in [0.1, 0.15) is 0 Å². The number of hydrogen-bond acceptors (Lipinski definition) is 9. The number of likely N-dealkylation sites (tertiary alicyclic amines) is 1. The van der Waals surface area contributed by atoms with Crippen LogP contribution in [0, 0.1) is 11.8 Å². The van der Waals surface area contributed by atoms with Crippen LogP contribution in [0.25, 0.3) is 0 Å². The molecule has 3 aliphatic heterocycles. The quantitative estimate of drug-likeness (QED) is 0.394. The van der Waals surface area contributed by atoms with Gasteiger partial charge in [0.2, 0.25) is 11.8 Å². The molecule has 2 aromatic carbocycles. The van der Waals surface area contributed by atoms with Crippen molar-refractivity contribution in [1.82, 2.24) is 9.80 Å². The first-order chi connectivity index (χ1) is 18.4. The molecule has 5 rings (SSSR count). The molecule has 0 radical (unpaired) electrons. The highest BCUT2D eigenvalue weighted by atomic mass is 32.2. The van der Waals surface area contributed by atoms with Crippen LogP contribution in [0.3, 0.4) is 0 Å². The molecule has 0 spiro atoms. The van der Waals surface area contributed by atoms with E-state index in [0.717, 1.165) is 11.1 Å². The fourth-order valence-electron chi connectivity index (χ4n) is 6.01. The smallest absolute Gasteiger partial charge is 0.337 e. The zero-order valence-corrected chi connectivity index (χ0v) is 22.3. The Morgan fingerprint density at radius 2 is 1.71 bits per heavy atom. The Hall–Kier alpha value is -3.66. The number of methoxy groups -OCH3 is 2. The van der Waals surface area contributed by atoms with Gasteiger partial charge in [0.15, 0.2) is 10.7 Å². The van der Waals surface area contributed by atoms with E-state index in [1.165, 1.54) is 30.9 Å². The minimum atomic E-state index is -1.40. The molecule has 10 heteroatoms. The van der Waals surface area contributed by atoms with Crippen molar-refractivity contribution < 1.29 is 28.7 Å². The molecule has 38 heavy (non-hydrogen) atoms. The number of benzene rings is 2. The molecule has 2 fully saturated rings. The van der Waals surface area contributed by atoms with Crippen molar-refractivity contribution >= 4 is 40.7 Å². The molecular weight excluding hydrogens is 506 g/mol. The third-order valence-corrected chi connectivity index (χ3v) is 8.73. The van der Waals surface area contributed by atoms with Gasteiger partial charge in [-0.05, 0) is 30.2 Å². The average Bonchev–Trinajstić information content (AvgIpc) is 3.57. The fraction of sp³-hybridized carbons (Fsp3) is 0.393. The summed E-state index contributed by atoms with van der Waals surface area (Å²) in [5, 5.41) is 0.603. The van der Waals surface area contributed by atoms with E-state index < -0.39 is 35.4 Å². The second-order valence-corrected chi connectivity index (χ2v) is 10.5. The van der Waals surface area contributed by atoms with Crippen LogP contribution in [0.4, 0.5) is 0 Å². The molecular formula is C28H29N3O6S. The van der Waals surface area contributed by atoms with Gasteiger partial charge < -0.3 is 14.4 Å². The van der Waals surface area contributed by atoms with Crippen molar-refractivity contribution in [3.63, 3.8) is 0 Å². The van der Waals surface area contributed by atoms with E-state index in [1.807, 2.05) is 47.4 Å². The zero-order valence-electron chi connectivity index (χ0n) is 21.5. The predicted molar refractivity (Wildman–Crippen MR) is 141 cm³/mol. The number of rotatable bonds is 7. The Morgan fingerprint density at radius 3 is 2.34 bits per heavy atom. The van der Waals surface area contributed by atoms with Gasteiger partial charge in [-0.15, -0.1) is 0 Å². The number of hydrogen-bond donors (Lipinski definition) is 0. The van der Waals surface area contributed by atoms with E-state index in [4.69, 9.17) is 14.5 Å². The van der Waals surface area contributed by atoms with Crippen LogP contribution >= 0.6 is 11.8 Å². The standard InChI is InChI=1S/C28H29N3O6S/c1-4-30-23(32)21-20-15-29-27(38-16-18-10-12-19(13-11-18)25(34)36-2)31(20)28(26(35)37-3,22(21)24(30)33)14-17-8-6-5-7-9-17/h5-13,20-22H,4,14-16H2,1-3H3/t20-,21+,22-,28-/m1/s1. The second-order valence-electron chi connectivity index (χ2n) is 9.54. The lowest BCUT2D eigenvalue weighted by Gasteiger charge is -2.40. The Balaban J connectivity index is 1.51. The van der Waals surface area contributed by atoms with Crippen LogP contribution in [0.1, 0.15) is 28.4 Å². The first kappa shape index (κ1) is 26.0. The molecule has 0 unspecified atom stereocenters. The van der Waals surface area contributed by atoms with E-state index in [0.29, 0.717) is 23.0 Å². The first-order valence-corrected chi connectivity index (χ1v) is 13.5. The summed E-state index contributed by atoms with van der Waals surface area (Å²) in [5.41, 5.74) is 0.863. The minimum Gasteiger partial charge on any atom is -0.467 e. The van der Waals surface area contributed by atoms with Crippen LogP contribution in [0.5, 0.6) is 0 Å². The number of nitrogens with zero attached hydrogens (tertiary/aromatic N) is 3. The van der Waals surface area contributed by atoms with Gasteiger partial charge in [-0.1, -0.05) is 54.2 Å². The van der Waals surface area contributed by atoms with E-state index >= 15 is 0 Å². The highest BCUT2D eigenvalue weighted by molar-refractivity contribution is 8.13. The normalized spacial score (nSPS) is 25.8. The third kappa shape index (κ3) is 3.98. The number of carbonyl (C=O) groups is 4. The monoisotopic (exact) mass is 535 g/mol. The minimum absolute atomic E-state index is 0.210. The van der Waals surface area contributed by atoms with E-state index in [1.54, 1.807) is 19.1 Å². The maximum absolute atomic E-state index is 13.8. The molecule has 0 saturated carbocycles. The summed E-state index contributed by atoms with van der Waals surface area (Å²) < 4.78 is 10.1. The molecule has 2 aromatic rings. The number of amidine groups is 1. The van der Waals surface area contributed by atoms with Crippen molar-refractivity contribution in [2.75, 3.05) is 27.3 Å². The Labute approximate surface area is 225 Å². The molecule has 0 aromatic heterocycles. The zero-order chi connectivity index (χ0) is 27.0. The second kappa shape index (κ2) is 10.2. The van der Waals surface area contributed by atoms with Gasteiger partial charge in [0.05, 0.1) is 44.2 Å². The summed E-state index contributed by atoms with van der Waals surface area (Å²) in [4.78, 5) is 60.6. The summed E-state index contributed by atoms with van der Waals surface area (Å²) >= 11 is 1.44. The number of ether oxygens (including phenoxy) is 2. The molecule has 2 amide bonds. The number of amides is 2. The topological polar surface area (TPSA) is 106 Å². The molecule has 4 atom stereocenters. The van der Waals surface area contributed by atoms with Crippen LogP contribution in [-0.2, 0) is 36.0 Å². The van der Waals surface area contributed by atoms with Gasteiger partial charge in [-0.2, -0.15) is 0 Å². The highest BCUT2D eigenvalue weighted by Crippen LogP contribution is 2.53. The maximum atomic E-state index is 13.8. The summed E-state index contributed by atoms with van der Waals surface area (Å²) in [5.74, 6) is -2.56. The molecule has 9 nitrogen and oxygen atoms in total. The summed E-state index contributed by atoms with van der Waals surface area (Å²) in [6.45, 7) is 2.34. The molecule has 0 aliphatic carbocycles. The SMILES string of the molecule is CCN1C(=O)[C@H]2[C@H]3CN=C(SCc4ccc(C(=O)OC)cc4)N3[C@@](Cc3ccccc3)(C(=O)OC)[C@H]2C1=O. The van der Waals surface area contributed by atoms with E-state index in [9.17, 15) is 19.2 Å². The molecule has 2 saturated heterocycles. The van der Waals surface area contributed by atoms with Crippen LogP contribution in [0.15, 0.2) is 59.6 Å². The third-order valence-electron chi connectivity index (χ3n) is 7.67. The number of thioether (sulfide) groups is 1. The van der Waals surface area contributed by atoms with Gasteiger partial charge in [0, 0.05) is 18.7 Å². The first-order valence-electron chi connectivity index (χ1n) is 12.5. The maximum Gasteiger partial charge on any atom is 0.337 e. The Bertz CT molecular complexity index is 1300. The van der Waals surface area contributed by atoms with E-state index in [-0.39, 0.29) is 24.8 Å². The lowest BCUT2D eigenvalue weighted by Crippen LogP contribution is -2.61. The number of imide groups is 1. The summed E-state index contributed by atoms with van der Waals surface area (Å²) in [7, 11) is 2.66. The summed E-state index contributed by atoms with van der Waals surface area (Å²) in [6.07, 6.45) is 0.210. The number of aliphatic imine (C=N–C) groups is 1. The fourth-order valence-corrected chi connectivity index (χ4v) is 7.10. The predicted octanol–water partition coefficient (Wildman–Crippen LogP) is 2.54. The highest BCUT2D eigenvalue weighted by Gasteiger charge is 2.73. The van der Waals surface area contributed by atoms with E-state index in [2.05, 4.69) is 0 Å². The molecule has 0 bridgehead atoms. The lowest BCUT2D eigenvalue weighted by molar-refractivity contribution is -0.158. The van der Waals surface area contributed by atoms with Crippen LogP contribution < -0.4 is 0 Å². The van der Waals surface area contributed by atoms with Crippen LogP contribution in [-0.4, -0.2) is 77.6 Å². The Kier molecular flexibility index (Phi) is 7.00. The molecule has 3 aliphatic rings. The largest absolute Gasteiger partial charge is 0.467 e. The number of esters is 2. The van der Waals surface area contributed by atoms with Crippen LogP contribution in [0.2, 0.25) is 0 Å². The number of fused-ring (bicyclic) bond motifs is 3.